The number of hydrogen-bond donors (Lipinski definition) is 0. The Morgan fingerprint density at radius 2 is 1.71 bits per heavy atom. The molecule has 1 fully saturated rings. The summed E-state index contributed by atoms with van der Waals surface area (Å²) in [7, 11) is 0. The lowest BCUT2D eigenvalue weighted by atomic mass is 9.61. The Balaban J connectivity index is 2.82. The minimum absolute atomic E-state index is 0.0634. The van der Waals surface area contributed by atoms with Crippen molar-refractivity contribution in [1.82, 2.24) is 0 Å². The van der Waals surface area contributed by atoms with Crippen LogP contribution in [0.2, 0.25) is 0 Å². The molecule has 4 heteroatoms. The molecule has 0 aromatic heterocycles. The van der Waals surface area contributed by atoms with E-state index in [0.717, 1.165) is 5.57 Å². The van der Waals surface area contributed by atoms with Gasteiger partial charge in [-0.05, 0) is 26.7 Å². The first kappa shape index (κ1) is 13.7. The van der Waals surface area contributed by atoms with Crippen LogP contribution in [0.4, 0.5) is 0 Å². The van der Waals surface area contributed by atoms with Crippen molar-refractivity contribution in [2.24, 2.45) is 17.8 Å². The first-order valence-corrected chi connectivity index (χ1v) is 6.07. The van der Waals surface area contributed by atoms with E-state index < -0.39 is 5.92 Å². The molecule has 1 rings (SSSR count). The van der Waals surface area contributed by atoms with Crippen LogP contribution in [0, 0.1) is 17.8 Å². The van der Waals surface area contributed by atoms with Gasteiger partial charge in [0.25, 0.3) is 0 Å². The minimum Gasteiger partial charge on any atom is -0.466 e. The molecule has 0 unspecified atom stereocenters. The summed E-state index contributed by atoms with van der Waals surface area (Å²) >= 11 is 0. The molecule has 17 heavy (non-hydrogen) atoms. The van der Waals surface area contributed by atoms with Crippen LogP contribution in [0.3, 0.4) is 0 Å². The van der Waals surface area contributed by atoms with Crippen LogP contribution in [0.5, 0.6) is 0 Å². The van der Waals surface area contributed by atoms with Crippen molar-refractivity contribution in [1.29, 1.82) is 0 Å². The van der Waals surface area contributed by atoms with Crippen LogP contribution >= 0.6 is 0 Å². The monoisotopic (exact) mass is 240 g/mol. The van der Waals surface area contributed by atoms with E-state index in [4.69, 9.17) is 9.47 Å². The lowest BCUT2D eigenvalue weighted by Crippen LogP contribution is -2.48. The molecule has 1 aliphatic carbocycles. The van der Waals surface area contributed by atoms with Gasteiger partial charge in [0.15, 0.2) is 0 Å². The minimum atomic E-state index is -0.450. The molecule has 0 aromatic carbocycles. The van der Waals surface area contributed by atoms with Gasteiger partial charge in [-0.15, -0.1) is 0 Å². The Kier molecular flexibility index (Phi) is 4.73. The summed E-state index contributed by atoms with van der Waals surface area (Å²) < 4.78 is 9.99. The second-order valence-corrected chi connectivity index (χ2v) is 4.08. The summed E-state index contributed by atoms with van der Waals surface area (Å²) in [6.45, 7) is 8.00. The Bertz CT molecular complexity index is 332. The molecule has 0 N–H and O–H groups in total. The van der Waals surface area contributed by atoms with Gasteiger partial charge in [-0.25, -0.2) is 0 Å². The fraction of sp³-hybridized carbons (Fsp3) is 0.692. The van der Waals surface area contributed by atoms with E-state index >= 15 is 0 Å². The highest BCUT2D eigenvalue weighted by atomic mass is 16.5. The molecule has 0 heterocycles. The first-order valence-electron chi connectivity index (χ1n) is 6.07. The van der Waals surface area contributed by atoms with Crippen LogP contribution in [0.25, 0.3) is 0 Å². The molecule has 3 atom stereocenters. The van der Waals surface area contributed by atoms with Crippen molar-refractivity contribution >= 4 is 11.9 Å². The van der Waals surface area contributed by atoms with Gasteiger partial charge in [0.1, 0.15) is 0 Å². The van der Waals surface area contributed by atoms with E-state index in [1.807, 2.05) is 19.9 Å². The molecule has 0 aromatic rings. The van der Waals surface area contributed by atoms with E-state index in [1.165, 1.54) is 0 Å². The van der Waals surface area contributed by atoms with Crippen LogP contribution in [-0.2, 0) is 19.1 Å². The van der Waals surface area contributed by atoms with E-state index in [1.54, 1.807) is 13.8 Å². The SMILES string of the molecule is C/C=C1/[C@@H](C(=O)OCC)[C@H](C(=O)OCC)[C@H]1C. The normalized spacial score (nSPS) is 29.6. The molecule has 0 radical (unpaired) electrons. The van der Waals surface area contributed by atoms with Gasteiger partial charge in [0.2, 0.25) is 0 Å². The van der Waals surface area contributed by atoms with Crippen molar-refractivity contribution in [3.63, 3.8) is 0 Å². The van der Waals surface area contributed by atoms with E-state index in [-0.39, 0.29) is 23.8 Å². The van der Waals surface area contributed by atoms with Gasteiger partial charge >= 0.3 is 11.9 Å². The summed E-state index contributed by atoms with van der Waals surface area (Å²) in [5.41, 5.74) is 0.974. The maximum atomic E-state index is 11.8. The van der Waals surface area contributed by atoms with Crippen molar-refractivity contribution in [2.75, 3.05) is 13.2 Å². The lowest BCUT2D eigenvalue weighted by Gasteiger charge is -2.42. The molecule has 96 valence electrons. The topological polar surface area (TPSA) is 52.6 Å². The van der Waals surface area contributed by atoms with Crippen molar-refractivity contribution in [3.8, 4) is 0 Å². The fourth-order valence-corrected chi connectivity index (χ4v) is 2.40. The molecule has 4 nitrogen and oxygen atoms in total. The standard InChI is InChI=1S/C13H20O4/c1-5-9-8(4)10(12(14)16-6-2)11(9)13(15)17-7-3/h5,8,10-11H,6-7H2,1-4H3/b9-5+/t8-,10+,11+/m0/s1. The number of ether oxygens (including phenoxy) is 2. The predicted molar refractivity (Wildman–Crippen MR) is 63.2 cm³/mol. The highest BCUT2D eigenvalue weighted by Gasteiger charge is 2.52. The van der Waals surface area contributed by atoms with E-state index in [2.05, 4.69) is 0 Å². The molecule has 1 saturated carbocycles. The Morgan fingerprint density at radius 3 is 2.18 bits per heavy atom. The van der Waals surface area contributed by atoms with Crippen LogP contribution in [0.1, 0.15) is 27.7 Å². The quantitative estimate of drug-likeness (QED) is 0.556. The van der Waals surface area contributed by atoms with Crippen molar-refractivity contribution in [2.45, 2.75) is 27.7 Å². The number of esters is 2. The second kappa shape index (κ2) is 5.84. The van der Waals surface area contributed by atoms with Crippen molar-refractivity contribution < 1.29 is 19.1 Å². The Morgan fingerprint density at radius 1 is 1.18 bits per heavy atom. The largest absolute Gasteiger partial charge is 0.466 e. The smallest absolute Gasteiger partial charge is 0.313 e. The van der Waals surface area contributed by atoms with E-state index in [0.29, 0.717) is 13.2 Å². The van der Waals surface area contributed by atoms with Gasteiger partial charge in [-0.2, -0.15) is 0 Å². The first-order chi connectivity index (χ1) is 8.08. The molecular formula is C13H20O4. The number of carbonyl (C=O) groups is 2. The van der Waals surface area contributed by atoms with Crippen molar-refractivity contribution in [3.05, 3.63) is 11.6 Å². The van der Waals surface area contributed by atoms with Gasteiger partial charge < -0.3 is 9.47 Å². The predicted octanol–water partition coefficient (Wildman–Crippen LogP) is 1.94. The Labute approximate surface area is 102 Å². The number of allylic oxidation sites excluding steroid dienone is 1. The van der Waals surface area contributed by atoms with Crippen LogP contribution in [-0.4, -0.2) is 25.2 Å². The maximum Gasteiger partial charge on any atom is 0.313 e. The van der Waals surface area contributed by atoms with Gasteiger partial charge in [0, 0.05) is 0 Å². The molecule has 0 amide bonds. The summed E-state index contributed by atoms with van der Waals surface area (Å²) in [5, 5.41) is 0. The number of hydrogen-bond acceptors (Lipinski definition) is 4. The maximum absolute atomic E-state index is 11.8. The zero-order valence-electron chi connectivity index (χ0n) is 10.9. The second-order valence-electron chi connectivity index (χ2n) is 4.08. The van der Waals surface area contributed by atoms with Gasteiger partial charge in [-0.3, -0.25) is 9.59 Å². The number of rotatable bonds is 4. The van der Waals surface area contributed by atoms with Crippen LogP contribution < -0.4 is 0 Å². The summed E-state index contributed by atoms with van der Waals surface area (Å²) in [4.78, 5) is 23.5. The molecule has 0 bridgehead atoms. The zero-order chi connectivity index (χ0) is 13.0. The molecular weight excluding hydrogens is 220 g/mol. The third-order valence-corrected chi connectivity index (χ3v) is 3.22. The highest BCUT2D eigenvalue weighted by Crippen LogP contribution is 2.46. The summed E-state index contributed by atoms with van der Waals surface area (Å²) in [6, 6.07) is 0. The molecule has 1 aliphatic rings. The van der Waals surface area contributed by atoms with E-state index in [9.17, 15) is 9.59 Å². The molecule has 0 aliphatic heterocycles. The van der Waals surface area contributed by atoms with Gasteiger partial charge in [-0.1, -0.05) is 18.6 Å². The molecule has 0 saturated heterocycles. The third kappa shape index (κ3) is 2.51. The van der Waals surface area contributed by atoms with Crippen LogP contribution in [0.15, 0.2) is 11.6 Å². The Hall–Kier alpha value is -1.32. The average molecular weight is 240 g/mol. The lowest BCUT2D eigenvalue weighted by molar-refractivity contribution is -0.165. The summed E-state index contributed by atoms with van der Waals surface area (Å²) in [6.07, 6.45) is 1.89. The zero-order valence-corrected chi connectivity index (χ0v) is 10.9. The summed E-state index contributed by atoms with van der Waals surface area (Å²) in [5.74, 6) is -1.40. The fourth-order valence-electron chi connectivity index (χ4n) is 2.40. The van der Waals surface area contributed by atoms with Gasteiger partial charge in [0.05, 0.1) is 25.0 Å². The molecule has 0 spiro atoms. The number of carbonyl (C=O) groups excluding carboxylic acids is 2. The average Bonchev–Trinajstić information content (AvgIpc) is 2.26. The highest BCUT2D eigenvalue weighted by molar-refractivity contribution is 5.88. The third-order valence-electron chi connectivity index (χ3n) is 3.22.